The molecule has 11 heteroatoms. The highest BCUT2D eigenvalue weighted by molar-refractivity contribution is 7.89. The van der Waals surface area contributed by atoms with Gasteiger partial charge in [-0.1, -0.05) is 0 Å². The van der Waals surface area contributed by atoms with E-state index < -0.39 is 31.7 Å². The number of hydrogen-bond acceptors (Lipinski definition) is 5. The van der Waals surface area contributed by atoms with Crippen LogP contribution in [0.5, 0.6) is 0 Å². The summed E-state index contributed by atoms with van der Waals surface area (Å²) in [6.45, 7) is 0.667. The number of halogens is 1. The summed E-state index contributed by atoms with van der Waals surface area (Å²) >= 11 is 0. The van der Waals surface area contributed by atoms with E-state index in [1.807, 2.05) is 0 Å². The summed E-state index contributed by atoms with van der Waals surface area (Å²) in [4.78, 5) is 21.7. The molecule has 0 aromatic heterocycles. The van der Waals surface area contributed by atoms with Gasteiger partial charge in [-0.05, 0) is 43.2 Å². The van der Waals surface area contributed by atoms with E-state index in [0.29, 0.717) is 18.8 Å². The fraction of sp³-hybridized carbons (Fsp3) is 0.235. The van der Waals surface area contributed by atoms with E-state index in [1.165, 1.54) is 34.6 Å². The Morgan fingerprint density at radius 1 is 1.04 bits per heavy atom. The highest BCUT2D eigenvalue weighted by atomic mass is 32.2. The molecule has 0 spiro atoms. The molecule has 0 radical (unpaired) electrons. The van der Waals surface area contributed by atoms with Gasteiger partial charge in [-0.2, -0.15) is 4.31 Å². The molecule has 1 heterocycles. The lowest BCUT2D eigenvalue weighted by Crippen LogP contribution is -2.28. The second kappa shape index (κ2) is 7.90. The Kier molecular flexibility index (Phi) is 5.56. The molecule has 0 bridgehead atoms. The third-order valence-electron chi connectivity index (χ3n) is 4.21. The first-order valence-corrected chi connectivity index (χ1v) is 9.83. The van der Waals surface area contributed by atoms with Crippen LogP contribution < -0.4 is 10.6 Å². The lowest BCUT2D eigenvalue weighted by molar-refractivity contribution is -0.384. The maximum atomic E-state index is 14.1. The van der Waals surface area contributed by atoms with Crippen molar-refractivity contribution in [3.05, 3.63) is 58.4 Å². The Hall–Kier alpha value is -3.05. The number of hydrogen-bond donors (Lipinski definition) is 2. The number of rotatable bonds is 5. The van der Waals surface area contributed by atoms with Crippen LogP contribution in [-0.2, 0) is 10.0 Å². The number of sulfonamides is 1. The molecule has 148 valence electrons. The minimum absolute atomic E-state index is 0.0959. The van der Waals surface area contributed by atoms with Crippen LogP contribution in [0, 0.1) is 15.9 Å². The van der Waals surface area contributed by atoms with Crippen LogP contribution in [0.4, 0.5) is 26.2 Å². The van der Waals surface area contributed by atoms with Gasteiger partial charge in [0, 0.05) is 36.6 Å². The van der Waals surface area contributed by atoms with Crippen molar-refractivity contribution >= 4 is 33.1 Å². The van der Waals surface area contributed by atoms with Crippen LogP contribution in [0.2, 0.25) is 0 Å². The van der Waals surface area contributed by atoms with Crippen molar-refractivity contribution in [1.29, 1.82) is 0 Å². The van der Waals surface area contributed by atoms with Crippen molar-refractivity contribution in [1.82, 2.24) is 4.31 Å². The Labute approximate surface area is 160 Å². The van der Waals surface area contributed by atoms with Crippen LogP contribution in [0.15, 0.2) is 47.4 Å². The topological polar surface area (TPSA) is 122 Å². The molecular formula is C17H17FN4O5S. The van der Waals surface area contributed by atoms with E-state index in [0.717, 1.165) is 25.0 Å². The number of urea groups is 1. The van der Waals surface area contributed by atoms with Gasteiger partial charge >= 0.3 is 6.03 Å². The molecular weight excluding hydrogens is 391 g/mol. The van der Waals surface area contributed by atoms with E-state index >= 15 is 0 Å². The van der Waals surface area contributed by atoms with E-state index in [9.17, 15) is 27.7 Å². The molecule has 3 rings (SSSR count). The SMILES string of the molecule is O=C(Nc1ccc([N+](=O)[O-])cc1)Nc1ccc(F)c(S(=O)(=O)N2CCCC2)c1. The highest BCUT2D eigenvalue weighted by Gasteiger charge is 2.30. The minimum Gasteiger partial charge on any atom is -0.308 e. The molecule has 2 amide bonds. The molecule has 1 saturated heterocycles. The number of carbonyl (C=O) groups excluding carboxylic acids is 1. The molecule has 0 aliphatic carbocycles. The van der Waals surface area contributed by atoms with E-state index in [4.69, 9.17) is 0 Å². The first-order chi connectivity index (χ1) is 13.3. The van der Waals surface area contributed by atoms with E-state index in [1.54, 1.807) is 0 Å². The molecule has 0 unspecified atom stereocenters. The zero-order valence-corrected chi connectivity index (χ0v) is 15.4. The molecule has 1 fully saturated rings. The maximum absolute atomic E-state index is 14.1. The number of benzene rings is 2. The number of nitro groups is 1. The third kappa shape index (κ3) is 4.26. The summed E-state index contributed by atoms with van der Waals surface area (Å²) in [7, 11) is -3.98. The quantitative estimate of drug-likeness (QED) is 0.581. The van der Waals surface area contributed by atoms with Gasteiger partial charge < -0.3 is 10.6 Å². The smallest absolute Gasteiger partial charge is 0.308 e. The number of amides is 2. The Morgan fingerprint density at radius 2 is 1.61 bits per heavy atom. The fourth-order valence-corrected chi connectivity index (χ4v) is 4.41. The second-order valence-electron chi connectivity index (χ2n) is 6.14. The number of anilines is 2. The number of nitrogens with zero attached hydrogens (tertiary/aromatic N) is 2. The van der Waals surface area contributed by atoms with Crippen LogP contribution in [0.1, 0.15) is 12.8 Å². The minimum atomic E-state index is -3.98. The summed E-state index contributed by atoms with van der Waals surface area (Å²) in [6, 6.07) is 7.75. The van der Waals surface area contributed by atoms with Gasteiger partial charge in [0.05, 0.1) is 4.92 Å². The van der Waals surface area contributed by atoms with Gasteiger partial charge in [-0.15, -0.1) is 0 Å². The lowest BCUT2D eigenvalue weighted by atomic mass is 10.3. The van der Waals surface area contributed by atoms with Gasteiger partial charge in [0.25, 0.3) is 5.69 Å². The van der Waals surface area contributed by atoms with Gasteiger partial charge in [0.1, 0.15) is 10.7 Å². The Morgan fingerprint density at radius 3 is 2.21 bits per heavy atom. The van der Waals surface area contributed by atoms with E-state index in [-0.39, 0.29) is 11.4 Å². The zero-order chi connectivity index (χ0) is 20.3. The number of nitrogens with one attached hydrogen (secondary N) is 2. The molecule has 2 aromatic carbocycles. The van der Waals surface area contributed by atoms with Gasteiger partial charge in [0.15, 0.2) is 0 Å². The van der Waals surface area contributed by atoms with Crippen LogP contribution in [-0.4, -0.2) is 36.8 Å². The number of non-ortho nitro benzene ring substituents is 1. The van der Waals surface area contributed by atoms with Crippen LogP contribution >= 0.6 is 0 Å². The molecule has 2 aromatic rings. The summed E-state index contributed by atoms with van der Waals surface area (Å²) in [5.74, 6) is -0.895. The largest absolute Gasteiger partial charge is 0.323 e. The average molecular weight is 408 g/mol. The molecule has 2 N–H and O–H groups in total. The monoisotopic (exact) mass is 408 g/mol. The second-order valence-corrected chi connectivity index (χ2v) is 8.05. The number of carbonyl (C=O) groups is 1. The van der Waals surface area contributed by atoms with Gasteiger partial charge in [-0.25, -0.2) is 17.6 Å². The van der Waals surface area contributed by atoms with Crippen molar-refractivity contribution in [2.75, 3.05) is 23.7 Å². The van der Waals surface area contributed by atoms with E-state index in [2.05, 4.69) is 10.6 Å². The predicted octanol–water partition coefficient (Wildman–Crippen LogP) is 3.16. The first kappa shape index (κ1) is 19.7. The Balaban J connectivity index is 1.73. The molecule has 9 nitrogen and oxygen atoms in total. The molecule has 28 heavy (non-hydrogen) atoms. The normalized spacial score (nSPS) is 14.6. The fourth-order valence-electron chi connectivity index (χ4n) is 2.81. The zero-order valence-electron chi connectivity index (χ0n) is 14.6. The average Bonchev–Trinajstić information content (AvgIpc) is 3.19. The van der Waals surface area contributed by atoms with Crippen molar-refractivity contribution in [3.63, 3.8) is 0 Å². The Bertz CT molecular complexity index is 1000. The molecule has 0 saturated carbocycles. The highest BCUT2D eigenvalue weighted by Crippen LogP contribution is 2.26. The number of nitro benzene ring substituents is 1. The van der Waals surface area contributed by atoms with Crippen LogP contribution in [0.25, 0.3) is 0 Å². The molecule has 0 atom stereocenters. The molecule has 1 aliphatic rings. The van der Waals surface area contributed by atoms with Crippen molar-refractivity contribution in [2.45, 2.75) is 17.7 Å². The summed E-state index contributed by atoms with van der Waals surface area (Å²) in [6.07, 6.45) is 1.44. The lowest BCUT2D eigenvalue weighted by Gasteiger charge is -2.17. The van der Waals surface area contributed by atoms with Crippen molar-refractivity contribution in [3.8, 4) is 0 Å². The van der Waals surface area contributed by atoms with Crippen molar-refractivity contribution < 1.29 is 22.5 Å². The summed E-state index contributed by atoms with van der Waals surface area (Å²) < 4.78 is 40.5. The molecule has 1 aliphatic heterocycles. The maximum Gasteiger partial charge on any atom is 0.323 e. The van der Waals surface area contributed by atoms with Crippen LogP contribution in [0.3, 0.4) is 0 Å². The first-order valence-electron chi connectivity index (χ1n) is 8.39. The standard InChI is InChI=1S/C17H17FN4O5S/c18-15-8-5-13(11-16(15)28(26,27)21-9-1-2-10-21)20-17(23)19-12-3-6-14(7-4-12)22(24)25/h3-8,11H,1-2,9-10H2,(H2,19,20,23). The van der Waals surface area contributed by atoms with Gasteiger partial charge in [0.2, 0.25) is 10.0 Å². The summed E-state index contributed by atoms with van der Waals surface area (Å²) in [5.41, 5.74) is 0.273. The third-order valence-corrected chi connectivity index (χ3v) is 6.12. The predicted molar refractivity (Wildman–Crippen MR) is 100 cm³/mol. The summed E-state index contributed by atoms with van der Waals surface area (Å²) in [5, 5.41) is 15.5. The van der Waals surface area contributed by atoms with Gasteiger partial charge in [-0.3, -0.25) is 10.1 Å². The van der Waals surface area contributed by atoms with Crippen molar-refractivity contribution in [2.24, 2.45) is 0 Å².